The van der Waals surface area contributed by atoms with Gasteiger partial charge in [-0.15, -0.1) is 11.3 Å². The molecule has 0 fully saturated rings. The van der Waals surface area contributed by atoms with Crippen molar-refractivity contribution in [3.05, 3.63) is 29.3 Å². The molecule has 1 aromatic heterocycles. The molecular formula is C13H15N3O3S. The topological polar surface area (TPSA) is 86.5 Å². The van der Waals surface area contributed by atoms with Gasteiger partial charge in [-0.25, -0.2) is 4.98 Å². The van der Waals surface area contributed by atoms with Gasteiger partial charge in [0.1, 0.15) is 5.69 Å². The molecule has 20 heavy (non-hydrogen) atoms. The van der Waals surface area contributed by atoms with Crippen molar-refractivity contribution >= 4 is 28.1 Å². The zero-order valence-corrected chi connectivity index (χ0v) is 12.0. The molecule has 0 radical (unpaired) electrons. The van der Waals surface area contributed by atoms with Crippen molar-refractivity contribution in [3.63, 3.8) is 0 Å². The number of hydrogen-bond donors (Lipinski definition) is 2. The van der Waals surface area contributed by atoms with E-state index in [0.717, 1.165) is 0 Å². The molecule has 0 atom stereocenters. The third-order valence-electron chi connectivity index (χ3n) is 2.48. The summed E-state index contributed by atoms with van der Waals surface area (Å²) < 4.78 is 10.6. The predicted molar refractivity (Wildman–Crippen MR) is 78.6 cm³/mol. The first-order chi connectivity index (χ1) is 9.63. The normalized spacial score (nSPS) is 10.1. The number of methoxy groups -OCH3 is 1. The SMILES string of the molecule is CCOc1ccc(NC(=O)c2csc(N)n2)cc1OC. The maximum atomic E-state index is 11.9. The number of ether oxygens (including phenoxy) is 2. The summed E-state index contributed by atoms with van der Waals surface area (Å²) in [5, 5.41) is 4.70. The quantitative estimate of drug-likeness (QED) is 0.884. The number of nitrogens with one attached hydrogen (secondary N) is 1. The van der Waals surface area contributed by atoms with E-state index < -0.39 is 0 Å². The van der Waals surface area contributed by atoms with Gasteiger partial charge in [-0.3, -0.25) is 4.79 Å². The van der Waals surface area contributed by atoms with Crippen LogP contribution in [0.5, 0.6) is 11.5 Å². The second kappa shape index (κ2) is 6.25. The highest BCUT2D eigenvalue weighted by Gasteiger charge is 2.12. The highest BCUT2D eigenvalue weighted by molar-refractivity contribution is 7.13. The largest absolute Gasteiger partial charge is 0.493 e. The van der Waals surface area contributed by atoms with E-state index in [1.807, 2.05) is 6.92 Å². The lowest BCUT2D eigenvalue weighted by Crippen LogP contribution is -2.12. The average Bonchev–Trinajstić information content (AvgIpc) is 2.87. The van der Waals surface area contributed by atoms with E-state index in [2.05, 4.69) is 10.3 Å². The molecule has 1 heterocycles. The number of nitrogens with two attached hydrogens (primary N) is 1. The highest BCUT2D eigenvalue weighted by atomic mass is 32.1. The van der Waals surface area contributed by atoms with Crippen LogP contribution in [0, 0.1) is 0 Å². The summed E-state index contributed by atoms with van der Waals surface area (Å²) in [6, 6.07) is 5.17. The van der Waals surface area contributed by atoms with E-state index >= 15 is 0 Å². The Morgan fingerprint density at radius 1 is 1.45 bits per heavy atom. The summed E-state index contributed by atoms with van der Waals surface area (Å²) in [5.41, 5.74) is 6.39. The first-order valence-electron chi connectivity index (χ1n) is 5.97. The predicted octanol–water partition coefficient (Wildman–Crippen LogP) is 2.38. The van der Waals surface area contributed by atoms with Gasteiger partial charge in [-0.2, -0.15) is 0 Å². The number of aromatic nitrogens is 1. The molecule has 3 N–H and O–H groups in total. The molecule has 0 aliphatic rings. The van der Waals surface area contributed by atoms with Gasteiger partial charge in [-0.05, 0) is 19.1 Å². The van der Waals surface area contributed by atoms with Crippen LogP contribution in [-0.4, -0.2) is 24.6 Å². The van der Waals surface area contributed by atoms with Crippen LogP contribution in [0.1, 0.15) is 17.4 Å². The Kier molecular flexibility index (Phi) is 4.41. The standard InChI is InChI=1S/C13H15N3O3S/c1-3-19-10-5-4-8(6-11(10)18-2)15-12(17)9-7-20-13(14)16-9/h4-7H,3H2,1-2H3,(H2,14,16)(H,15,17). The van der Waals surface area contributed by atoms with E-state index in [1.54, 1.807) is 30.7 Å². The lowest BCUT2D eigenvalue weighted by Gasteiger charge is -2.11. The van der Waals surface area contributed by atoms with E-state index in [9.17, 15) is 4.79 Å². The maximum absolute atomic E-state index is 11.9. The second-order valence-electron chi connectivity index (χ2n) is 3.82. The van der Waals surface area contributed by atoms with Crippen LogP contribution in [0.3, 0.4) is 0 Å². The molecule has 0 saturated heterocycles. The summed E-state index contributed by atoms with van der Waals surface area (Å²) in [4.78, 5) is 15.9. The first-order valence-corrected chi connectivity index (χ1v) is 6.85. The monoisotopic (exact) mass is 293 g/mol. The Morgan fingerprint density at radius 2 is 2.25 bits per heavy atom. The number of hydrogen-bond acceptors (Lipinski definition) is 6. The molecule has 1 aromatic carbocycles. The second-order valence-corrected chi connectivity index (χ2v) is 4.71. The smallest absolute Gasteiger partial charge is 0.275 e. The van der Waals surface area contributed by atoms with Crippen molar-refractivity contribution in [1.82, 2.24) is 4.98 Å². The van der Waals surface area contributed by atoms with Crippen LogP contribution in [-0.2, 0) is 0 Å². The molecule has 0 unspecified atom stereocenters. The van der Waals surface area contributed by atoms with Crippen LogP contribution >= 0.6 is 11.3 Å². The lowest BCUT2D eigenvalue weighted by atomic mass is 10.2. The van der Waals surface area contributed by atoms with Crippen molar-refractivity contribution in [2.75, 3.05) is 24.8 Å². The van der Waals surface area contributed by atoms with Crippen LogP contribution in [0.2, 0.25) is 0 Å². The third-order valence-corrected chi connectivity index (χ3v) is 3.15. The fourth-order valence-electron chi connectivity index (χ4n) is 1.61. The number of amides is 1. The fraction of sp³-hybridized carbons (Fsp3) is 0.231. The minimum absolute atomic E-state index is 0.292. The summed E-state index contributed by atoms with van der Waals surface area (Å²) in [6.45, 7) is 2.43. The van der Waals surface area contributed by atoms with Crippen LogP contribution in [0.4, 0.5) is 10.8 Å². The minimum atomic E-state index is -0.316. The minimum Gasteiger partial charge on any atom is -0.493 e. The van der Waals surface area contributed by atoms with E-state index in [0.29, 0.717) is 34.6 Å². The van der Waals surface area contributed by atoms with Crippen LogP contribution in [0.25, 0.3) is 0 Å². The Morgan fingerprint density at radius 3 is 2.85 bits per heavy atom. The number of carbonyl (C=O) groups is 1. The maximum Gasteiger partial charge on any atom is 0.275 e. The Bertz CT molecular complexity index is 613. The Balaban J connectivity index is 2.15. The Labute approximate surface area is 120 Å². The average molecular weight is 293 g/mol. The number of nitrogen functional groups attached to an aromatic ring is 1. The number of nitrogens with zero attached hydrogens (tertiary/aromatic N) is 1. The van der Waals surface area contributed by atoms with Crippen molar-refractivity contribution in [3.8, 4) is 11.5 Å². The van der Waals surface area contributed by atoms with Gasteiger partial charge in [0.2, 0.25) is 0 Å². The molecule has 6 nitrogen and oxygen atoms in total. The van der Waals surface area contributed by atoms with Gasteiger partial charge in [0.25, 0.3) is 5.91 Å². The Hall–Kier alpha value is -2.28. The van der Waals surface area contributed by atoms with Crippen LogP contribution < -0.4 is 20.5 Å². The van der Waals surface area contributed by atoms with Gasteiger partial charge < -0.3 is 20.5 Å². The van der Waals surface area contributed by atoms with E-state index in [1.165, 1.54) is 11.3 Å². The summed E-state index contributed by atoms with van der Waals surface area (Å²) in [7, 11) is 1.55. The van der Waals surface area contributed by atoms with Crippen molar-refractivity contribution in [1.29, 1.82) is 0 Å². The molecule has 0 spiro atoms. The summed E-state index contributed by atoms with van der Waals surface area (Å²) in [5.74, 6) is 0.873. The van der Waals surface area contributed by atoms with Gasteiger partial charge in [0.15, 0.2) is 16.6 Å². The summed E-state index contributed by atoms with van der Waals surface area (Å²) in [6.07, 6.45) is 0. The molecule has 7 heteroatoms. The number of anilines is 2. The molecule has 0 aliphatic heterocycles. The molecule has 106 valence electrons. The number of rotatable bonds is 5. The molecule has 1 amide bonds. The number of thiazole rings is 1. The molecule has 2 aromatic rings. The van der Waals surface area contributed by atoms with Gasteiger partial charge >= 0.3 is 0 Å². The first kappa shape index (κ1) is 14.1. The van der Waals surface area contributed by atoms with Gasteiger partial charge in [0.05, 0.1) is 13.7 Å². The highest BCUT2D eigenvalue weighted by Crippen LogP contribution is 2.30. The molecule has 2 rings (SSSR count). The van der Waals surface area contributed by atoms with Gasteiger partial charge in [0, 0.05) is 17.1 Å². The zero-order chi connectivity index (χ0) is 14.5. The van der Waals surface area contributed by atoms with E-state index in [4.69, 9.17) is 15.2 Å². The van der Waals surface area contributed by atoms with Gasteiger partial charge in [-0.1, -0.05) is 0 Å². The molecule has 0 aliphatic carbocycles. The fourth-order valence-corrected chi connectivity index (χ4v) is 2.15. The number of benzene rings is 1. The van der Waals surface area contributed by atoms with Crippen molar-refractivity contribution < 1.29 is 14.3 Å². The zero-order valence-electron chi connectivity index (χ0n) is 11.2. The number of carbonyl (C=O) groups excluding carboxylic acids is 1. The summed E-state index contributed by atoms with van der Waals surface area (Å²) >= 11 is 1.22. The van der Waals surface area contributed by atoms with Crippen LogP contribution in [0.15, 0.2) is 23.6 Å². The van der Waals surface area contributed by atoms with Crippen molar-refractivity contribution in [2.24, 2.45) is 0 Å². The third kappa shape index (κ3) is 3.18. The molecule has 0 saturated carbocycles. The lowest BCUT2D eigenvalue weighted by molar-refractivity contribution is 0.102. The molecular weight excluding hydrogens is 278 g/mol. The van der Waals surface area contributed by atoms with Crippen molar-refractivity contribution in [2.45, 2.75) is 6.92 Å². The molecule has 0 bridgehead atoms. The van der Waals surface area contributed by atoms with E-state index in [-0.39, 0.29) is 5.91 Å².